The molecule has 0 atom stereocenters. The molecular weight excluding hydrogens is 404 g/mol. The van der Waals surface area contributed by atoms with Gasteiger partial charge in [0.1, 0.15) is 16.5 Å². The molecule has 6 nitrogen and oxygen atoms in total. The van der Waals surface area contributed by atoms with Crippen molar-refractivity contribution in [1.82, 2.24) is 19.7 Å². The second-order valence-corrected chi connectivity index (χ2v) is 8.03. The van der Waals surface area contributed by atoms with Crippen LogP contribution in [0.1, 0.15) is 5.69 Å². The Morgan fingerprint density at radius 2 is 1.86 bits per heavy atom. The number of methoxy groups -OCH3 is 2. The highest BCUT2D eigenvalue weighted by atomic mass is 32.2. The van der Waals surface area contributed by atoms with Gasteiger partial charge in [0.25, 0.3) is 0 Å². The highest BCUT2D eigenvalue weighted by Gasteiger charge is 2.14. The monoisotopic (exact) mass is 424 g/mol. The van der Waals surface area contributed by atoms with Gasteiger partial charge in [0, 0.05) is 29.8 Å². The molecule has 0 spiro atoms. The number of thiazole rings is 1. The van der Waals surface area contributed by atoms with Gasteiger partial charge in [-0.05, 0) is 12.1 Å². The van der Waals surface area contributed by atoms with Crippen molar-refractivity contribution in [3.8, 4) is 33.5 Å². The number of thioether (sulfide) groups is 1. The molecule has 4 rings (SSSR count). The zero-order valence-corrected chi connectivity index (χ0v) is 18.0. The van der Waals surface area contributed by atoms with Crippen molar-refractivity contribution >= 4 is 23.1 Å². The van der Waals surface area contributed by atoms with Crippen molar-refractivity contribution < 1.29 is 9.47 Å². The predicted molar refractivity (Wildman–Crippen MR) is 117 cm³/mol. The Kier molecular flexibility index (Phi) is 5.82. The normalized spacial score (nSPS) is 10.9. The molecule has 0 unspecified atom stereocenters. The molecule has 0 bridgehead atoms. The van der Waals surface area contributed by atoms with Gasteiger partial charge in [-0.2, -0.15) is 0 Å². The maximum absolute atomic E-state index is 5.50. The summed E-state index contributed by atoms with van der Waals surface area (Å²) in [4.78, 5) is 4.77. The molecule has 148 valence electrons. The topological polar surface area (TPSA) is 62.1 Å². The van der Waals surface area contributed by atoms with Crippen LogP contribution in [0.3, 0.4) is 0 Å². The third kappa shape index (κ3) is 4.13. The first-order chi connectivity index (χ1) is 14.2. The van der Waals surface area contributed by atoms with Gasteiger partial charge in [-0.15, -0.1) is 21.5 Å². The Balaban J connectivity index is 1.49. The molecule has 0 aliphatic rings. The van der Waals surface area contributed by atoms with E-state index in [1.807, 2.05) is 60.1 Å². The standard InChI is InChI=1S/C21H20N4O2S2/c1-25-19(14-7-5-4-6-8-14)23-24-21(25)29-13-15-12-28-20(22-15)17-10-9-16(26-2)11-18(17)27-3/h4-12H,13H2,1-3H3. The molecule has 0 radical (unpaired) electrons. The lowest BCUT2D eigenvalue weighted by Crippen LogP contribution is -1.95. The van der Waals surface area contributed by atoms with Gasteiger partial charge in [0.2, 0.25) is 0 Å². The van der Waals surface area contributed by atoms with Crippen LogP contribution in [0, 0.1) is 0 Å². The van der Waals surface area contributed by atoms with Crippen LogP contribution in [-0.4, -0.2) is 34.0 Å². The minimum Gasteiger partial charge on any atom is -0.497 e. The molecular formula is C21H20N4O2S2. The van der Waals surface area contributed by atoms with Crippen LogP contribution in [0.4, 0.5) is 0 Å². The molecule has 0 saturated heterocycles. The van der Waals surface area contributed by atoms with E-state index in [4.69, 9.17) is 14.5 Å². The van der Waals surface area contributed by atoms with E-state index >= 15 is 0 Å². The molecule has 0 saturated carbocycles. The van der Waals surface area contributed by atoms with Crippen molar-refractivity contribution in [3.05, 3.63) is 59.6 Å². The average molecular weight is 425 g/mol. The lowest BCUT2D eigenvalue weighted by molar-refractivity contribution is 0.395. The predicted octanol–water partition coefficient (Wildman–Crippen LogP) is 4.92. The number of hydrogen-bond donors (Lipinski definition) is 0. The fraction of sp³-hybridized carbons (Fsp3) is 0.190. The van der Waals surface area contributed by atoms with E-state index in [0.29, 0.717) is 0 Å². The molecule has 0 N–H and O–H groups in total. The second kappa shape index (κ2) is 8.67. The zero-order valence-electron chi connectivity index (χ0n) is 16.3. The Labute approximate surface area is 177 Å². The summed E-state index contributed by atoms with van der Waals surface area (Å²) >= 11 is 3.22. The first-order valence-corrected chi connectivity index (χ1v) is 10.8. The first-order valence-electron chi connectivity index (χ1n) is 8.94. The van der Waals surface area contributed by atoms with Gasteiger partial charge in [-0.25, -0.2) is 4.98 Å². The average Bonchev–Trinajstić information content (AvgIpc) is 3.39. The van der Waals surface area contributed by atoms with Crippen LogP contribution in [0.25, 0.3) is 22.0 Å². The quantitative estimate of drug-likeness (QED) is 0.393. The van der Waals surface area contributed by atoms with E-state index in [0.717, 1.165) is 50.1 Å². The number of aromatic nitrogens is 4. The summed E-state index contributed by atoms with van der Waals surface area (Å²) < 4.78 is 12.8. The first kappa shape index (κ1) is 19.5. The summed E-state index contributed by atoms with van der Waals surface area (Å²) in [5.41, 5.74) is 3.01. The summed E-state index contributed by atoms with van der Waals surface area (Å²) in [5, 5.41) is 12.5. The molecule has 2 aromatic carbocycles. The van der Waals surface area contributed by atoms with E-state index in [-0.39, 0.29) is 0 Å². The molecule has 2 heterocycles. The maximum Gasteiger partial charge on any atom is 0.191 e. The number of ether oxygens (including phenoxy) is 2. The van der Waals surface area contributed by atoms with Gasteiger partial charge in [-0.3, -0.25) is 0 Å². The fourth-order valence-electron chi connectivity index (χ4n) is 2.89. The van der Waals surface area contributed by atoms with Crippen LogP contribution in [-0.2, 0) is 12.8 Å². The van der Waals surface area contributed by atoms with Crippen molar-refractivity contribution in [2.24, 2.45) is 7.05 Å². The zero-order chi connectivity index (χ0) is 20.2. The van der Waals surface area contributed by atoms with Gasteiger partial charge in [-0.1, -0.05) is 42.1 Å². The lowest BCUT2D eigenvalue weighted by atomic mass is 10.2. The van der Waals surface area contributed by atoms with Gasteiger partial charge >= 0.3 is 0 Å². The maximum atomic E-state index is 5.50. The van der Waals surface area contributed by atoms with Crippen molar-refractivity contribution in [3.63, 3.8) is 0 Å². The smallest absolute Gasteiger partial charge is 0.191 e. The number of hydrogen-bond acceptors (Lipinski definition) is 7. The Morgan fingerprint density at radius 1 is 1.03 bits per heavy atom. The summed E-state index contributed by atoms with van der Waals surface area (Å²) in [6, 6.07) is 15.8. The molecule has 0 amide bonds. The third-order valence-corrected chi connectivity index (χ3v) is 6.39. The Morgan fingerprint density at radius 3 is 2.62 bits per heavy atom. The van der Waals surface area contributed by atoms with Crippen LogP contribution in [0.15, 0.2) is 59.1 Å². The van der Waals surface area contributed by atoms with E-state index in [9.17, 15) is 0 Å². The molecule has 4 aromatic rings. The summed E-state index contributed by atoms with van der Waals surface area (Å²) in [6.45, 7) is 0. The van der Waals surface area contributed by atoms with Crippen molar-refractivity contribution in [1.29, 1.82) is 0 Å². The molecule has 29 heavy (non-hydrogen) atoms. The fourth-order valence-corrected chi connectivity index (χ4v) is 4.65. The molecule has 0 fully saturated rings. The van der Waals surface area contributed by atoms with Crippen molar-refractivity contribution in [2.75, 3.05) is 14.2 Å². The van der Waals surface area contributed by atoms with E-state index < -0.39 is 0 Å². The summed E-state index contributed by atoms with van der Waals surface area (Å²) in [5.74, 6) is 3.08. The lowest BCUT2D eigenvalue weighted by Gasteiger charge is -2.08. The van der Waals surface area contributed by atoms with Crippen molar-refractivity contribution in [2.45, 2.75) is 10.9 Å². The SMILES string of the molecule is COc1ccc(-c2nc(CSc3nnc(-c4ccccc4)n3C)cs2)c(OC)c1. The van der Waals surface area contributed by atoms with Crippen LogP contribution < -0.4 is 9.47 Å². The molecule has 2 aromatic heterocycles. The number of rotatable bonds is 7. The second-order valence-electron chi connectivity index (χ2n) is 6.23. The minimum atomic E-state index is 0.718. The number of nitrogens with zero attached hydrogens (tertiary/aromatic N) is 4. The van der Waals surface area contributed by atoms with Gasteiger partial charge < -0.3 is 14.0 Å². The van der Waals surface area contributed by atoms with Crippen LogP contribution in [0.5, 0.6) is 11.5 Å². The highest BCUT2D eigenvalue weighted by Crippen LogP contribution is 2.36. The van der Waals surface area contributed by atoms with E-state index in [2.05, 4.69) is 15.6 Å². The Hall–Kier alpha value is -2.84. The van der Waals surface area contributed by atoms with Gasteiger partial charge in [0.05, 0.1) is 25.5 Å². The van der Waals surface area contributed by atoms with Crippen LogP contribution >= 0.6 is 23.1 Å². The third-order valence-electron chi connectivity index (χ3n) is 4.41. The molecule has 8 heteroatoms. The summed E-state index contributed by atoms with van der Waals surface area (Å²) in [6.07, 6.45) is 0. The van der Waals surface area contributed by atoms with Crippen LogP contribution in [0.2, 0.25) is 0 Å². The van der Waals surface area contributed by atoms with E-state index in [1.165, 1.54) is 0 Å². The molecule has 0 aliphatic carbocycles. The van der Waals surface area contributed by atoms with Gasteiger partial charge in [0.15, 0.2) is 11.0 Å². The minimum absolute atomic E-state index is 0.718. The largest absolute Gasteiger partial charge is 0.497 e. The highest BCUT2D eigenvalue weighted by molar-refractivity contribution is 7.98. The van der Waals surface area contributed by atoms with E-state index in [1.54, 1.807) is 37.3 Å². The summed E-state index contributed by atoms with van der Waals surface area (Å²) in [7, 11) is 5.28. The Bertz CT molecular complexity index is 1110. The number of benzene rings is 2. The molecule has 0 aliphatic heterocycles.